The smallest absolute Gasteiger partial charge is 0.140 e. The van der Waals surface area contributed by atoms with Crippen molar-refractivity contribution in [3.8, 4) is 5.75 Å². The van der Waals surface area contributed by atoms with Crippen molar-refractivity contribution in [1.29, 1.82) is 0 Å². The molecule has 0 unspecified atom stereocenters. The lowest BCUT2D eigenvalue weighted by Crippen LogP contribution is -1.91. The monoisotopic (exact) mass is 194 g/mol. The Morgan fingerprint density at radius 3 is 2.93 bits per heavy atom. The Bertz CT molecular complexity index is 464. The Kier molecular flexibility index (Phi) is 2.11. The van der Waals surface area contributed by atoms with Crippen LogP contribution < -0.4 is 4.74 Å². The maximum atomic E-state index is 12.3. The third-order valence-corrected chi connectivity index (χ3v) is 2.15. The minimum Gasteiger partial charge on any atom is -0.496 e. The van der Waals surface area contributed by atoms with Gasteiger partial charge in [0.15, 0.2) is 0 Å². The first kappa shape index (κ1) is 8.99. The Hall–Kier alpha value is -1.58. The number of imidazole rings is 1. The lowest BCUT2D eigenvalue weighted by molar-refractivity contribution is 0.411. The van der Waals surface area contributed by atoms with Crippen LogP contribution in [0.25, 0.3) is 5.65 Å². The highest BCUT2D eigenvalue weighted by Gasteiger charge is 2.05. The number of ether oxygens (including phenoxy) is 1. The number of aryl methyl sites for hydroxylation is 1. The van der Waals surface area contributed by atoms with E-state index in [0.717, 1.165) is 11.3 Å². The quantitative estimate of drug-likeness (QED) is 0.732. The average Bonchev–Trinajstić information content (AvgIpc) is 2.58. The molecule has 3 nitrogen and oxygen atoms in total. The number of hydrogen-bond donors (Lipinski definition) is 0. The minimum atomic E-state index is -0.539. The first-order chi connectivity index (χ1) is 6.74. The normalized spacial score (nSPS) is 10.8. The molecule has 0 atom stereocenters. The van der Waals surface area contributed by atoms with Crippen molar-refractivity contribution >= 4 is 5.65 Å². The predicted molar refractivity (Wildman–Crippen MR) is 51.3 cm³/mol. The van der Waals surface area contributed by atoms with Crippen LogP contribution in [0, 0.1) is 6.92 Å². The Morgan fingerprint density at radius 2 is 2.29 bits per heavy atom. The van der Waals surface area contributed by atoms with Crippen LogP contribution in [-0.2, 0) is 6.67 Å². The molecular formula is C10H11FN2O. The van der Waals surface area contributed by atoms with Gasteiger partial charge in [-0.15, -0.1) is 0 Å². The van der Waals surface area contributed by atoms with Crippen LogP contribution in [0.3, 0.4) is 0 Å². The zero-order valence-electron chi connectivity index (χ0n) is 8.12. The Balaban J connectivity index is 2.64. The topological polar surface area (TPSA) is 26.5 Å². The molecule has 4 heteroatoms. The largest absolute Gasteiger partial charge is 0.496 e. The van der Waals surface area contributed by atoms with Gasteiger partial charge in [-0.25, -0.2) is 9.37 Å². The second-order valence-electron chi connectivity index (χ2n) is 3.16. The van der Waals surface area contributed by atoms with E-state index < -0.39 is 6.67 Å². The van der Waals surface area contributed by atoms with E-state index in [1.807, 2.05) is 13.1 Å². The molecule has 0 spiro atoms. The summed E-state index contributed by atoms with van der Waals surface area (Å²) in [6, 6.07) is 1.80. The highest BCUT2D eigenvalue weighted by atomic mass is 19.1. The minimum absolute atomic E-state index is 0.442. The molecule has 0 aromatic carbocycles. The number of aromatic nitrogens is 2. The summed E-state index contributed by atoms with van der Waals surface area (Å²) in [5, 5.41) is 0. The van der Waals surface area contributed by atoms with E-state index in [4.69, 9.17) is 4.74 Å². The van der Waals surface area contributed by atoms with Crippen LogP contribution in [0.1, 0.15) is 11.3 Å². The van der Waals surface area contributed by atoms with Gasteiger partial charge in [-0.05, 0) is 6.92 Å². The Morgan fingerprint density at radius 1 is 1.50 bits per heavy atom. The van der Waals surface area contributed by atoms with Crippen molar-refractivity contribution in [3.63, 3.8) is 0 Å². The third-order valence-electron chi connectivity index (χ3n) is 2.15. The van der Waals surface area contributed by atoms with Gasteiger partial charge in [0.1, 0.15) is 18.1 Å². The molecule has 2 heterocycles. The van der Waals surface area contributed by atoms with Gasteiger partial charge in [-0.3, -0.25) is 0 Å². The zero-order chi connectivity index (χ0) is 10.1. The van der Waals surface area contributed by atoms with E-state index in [0.29, 0.717) is 11.3 Å². The molecule has 74 valence electrons. The number of hydrogen-bond acceptors (Lipinski definition) is 2. The van der Waals surface area contributed by atoms with E-state index >= 15 is 0 Å². The van der Waals surface area contributed by atoms with Gasteiger partial charge >= 0.3 is 0 Å². The molecule has 0 aliphatic heterocycles. The second-order valence-corrected chi connectivity index (χ2v) is 3.16. The van der Waals surface area contributed by atoms with E-state index in [1.54, 1.807) is 23.8 Å². The number of nitrogens with zero attached hydrogens (tertiary/aromatic N) is 2. The highest BCUT2D eigenvalue weighted by Crippen LogP contribution is 2.19. The number of alkyl halides is 1. The number of halogens is 1. The molecule has 0 fully saturated rings. The summed E-state index contributed by atoms with van der Waals surface area (Å²) in [6.07, 6.45) is 3.56. The van der Waals surface area contributed by atoms with Gasteiger partial charge in [0, 0.05) is 24.0 Å². The number of rotatable bonds is 2. The summed E-state index contributed by atoms with van der Waals surface area (Å²) in [4.78, 5) is 4.09. The van der Waals surface area contributed by atoms with Crippen LogP contribution in [0.2, 0.25) is 0 Å². The van der Waals surface area contributed by atoms with Crippen LogP contribution in [0.4, 0.5) is 4.39 Å². The molecular weight excluding hydrogens is 183 g/mol. The molecule has 2 aromatic heterocycles. The van der Waals surface area contributed by atoms with Crippen molar-refractivity contribution in [1.82, 2.24) is 9.38 Å². The van der Waals surface area contributed by atoms with Crippen molar-refractivity contribution in [3.05, 3.63) is 29.7 Å². The maximum absolute atomic E-state index is 12.3. The number of pyridine rings is 1. The van der Waals surface area contributed by atoms with Crippen LogP contribution in [0.15, 0.2) is 18.5 Å². The summed E-state index contributed by atoms with van der Waals surface area (Å²) in [5.74, 6) is 0.772. The average molecular weight is 194 g/mol. The van der Waals surface area contributed by atoms with Crippen molar-refractivity contribution < 1.29 is 9.13 Å². The SMILES string of the molecule is COc1cc2nc(CF)cn2cc1C. The fourth-order valence-electron chi connectivity index (χ4n) is 1.46. The standard InChI is InChI=1S/C10H11FN2O/c1-7-5-13-6-8(4-11)12-10(13)3-9(7)14-2/h3,5-6H,4H2,1-2H3. The highest BCUT2D eigenvalue weighted by molar-refractivity contribution is 5.48. The number of methoxy groups -OCH3 is 1. The first-order valence-corrected chi connectivity index (χ1v) is 4.33. The third kappa shape index (κ3) is 1.32. The first-order valence-electron chi connectivity index (χ1n) is 4.33. The van der Waals surface area contributed by atoms with Crippen LogP contribution in [-0.4, -0.2) is 16.5 Å². The molecule has 2 aromatic rings. The molecule has 14 heavy (non-hydrogen) atoms. The predicted octanol–water partition coefficient (Wildman–Crippen LogP) is 2.12. The van der Waals surface area contributed by atoms with Crippen LogP contribution >= 0.6 is 0 Å². The van der Waals surface area contributed by atoms with Gasteiger partial charge < -0.3 is 9.14 Å². The maximum Gasteiger partial charge on any atom is 0.140 e. The summed E-state index contributed by atoms with van der Waals surface area (Å²) in [5.41, 5.74) is 2.15. The van der Waals surface area contributed by atoms with E-state index in [2.05, 4.69) is 4.98 Å². The van der Waals surface area contributed by atoms with Gasteiger partial charge in [0.25, 0.3) is 0 Å². The van der Waals surface area contributed by atoms with Crippen molar-refractivity contribution in [2.75, 3.05) is 7.11 Å². The second kappa shape index (κ2) is 3.29. The molecule has 2 rings (SSSR count). The van der Waals surface area contributed by atoms with Crippen LogP contribution in [0.5, 0.6) is 5.75 Å². The lowest BCUT2D eigenvalue weighted by atomic mass is 10.3. The summed E-state index contributed by atoms with van der Waals surface area (Å²) < 4.78 is 19.3. The van der Waals surface area contributed by atoms with E-state index in [9.17, 15) is 4.39 Å². The molecule has 0 aliphatic carbocycles. The fourth-order valence-corrected chi connectivity index (χ4v) is 1.46. The van der Waals surface area contributed by atoms with Crippen molar-refractivity contribution in [2.24, 2.45) is 0 Å². The molecule has 0 saturated carbocycles. The van der Waals surface area contributed by atoms with E-state index in [1.165, 1.54) is 0 Å². The van der Waals surface area contributed by atoms with Crippen molar-refractivity contribution in [2.45, 2.75) is 13.6 Å². The lowest BCUT2D eigenvalue weighted by Gasteiger charge is -2.04. The summed E-state index contributed by atoms with van der Waals surface area (Å²) in [7, 11) is 1.61. The zero-order valence-corrected chi connectivity index (χ0v) is 8.12. The number of fused-ring (bicyclic) bond motifs is 1. The molecule has 0 saturated heterocycles. The fraction of sp³-hybridized carbons (Fsp3) is 0.300. The molecule has 0 bridgehead atoms. The van der Waals surface area contributed by atoms with Gasteiger partial charge in [0.05, 0.1) is 12.8 Å². The molecule has 0 radical (unpaired) electrons. The molecule has 0 amide bonds. The summed E-state index contributed by atoms with van der Waals surface area (Å²) in [6.45, 7) is 1.40. The van der Waals surface area contributed by atoms with Gasteiger partial charge in [-0.2, -0.15) is 0 Å². The van der Waals surface area contributed by atoms with Gasteiger partial charge in [0.2, 0.25) is 0 Å². The molecule has 0 N–H and O–H groups in total. The summed E-state index contributed by atoms with van der Waals surface area (Å²) >= 11 is 0. The van der Waals surface area contributed by atoms with E-state index in [-0.39, 0.29) is 0 Å². The molecule has 0 aliphatic rings. The Labute approximate surface area is 81.1 Å². The van der Waals surface area contributed by atoms with Gasteiger partial charge in [-0.1, -0.05) is 0 Å².